The summed E-state index contributed by atoms with van der Waals surface area (Å²) in [5.41, 5.74) is 0. The highest BCUT2D eigenvalue weighted by Gasteiger charge is 2.48. The van der Waals surface area contributed by atoms with Crippen LogP contribution in [0.3, 0.4) is 0 Å². The fourth-order valence-corrected chi connectivity index (χ4v) is 2.16. The van der Waals surface area contributed by atoms with Crippen molar-refractivity contribution >= 4 is 23.6 Å². The summed E-state index contributed by atoms with van der Waals surface area (Å²) in [5, 5.41) is 8.52. The van der Waals surface area contributed by atoms with E-state index in [9.17, 15) is 22.8 Å². The quantitative estimate of drug-likeness (QED) is 0.712. The van der Waals surface area contributed by atoms with Gasteiger partial charge >= 0.3 is 18.1 Å². The number of carbonyl (C=O) groups excluding carboxylic acids is 1. The zero-order valence-corrected chi connectivity index (χ0v) is 7.56. The lowest BCUT2D eigenvalue weighted by Gasteiger charge is -2.21. The number of alkyl halides is 3. The van der Waals surface area contributed by atoms with E-state index in [0.717, 1.165) is 11.8 Å². The lowest BCUT2D eigenvalue weighted by Crippen LogP contribution is -2.47. The predicted molar refractivity (Wildman–Crippen MR) is 41.6 cm³/mol. The molecule has 14 heavy (non-hydrogen) atoms. The van der Waals surface area contributed by atoms with Gasteiger partial charge in [0.2, 0.25) is 0 Å². The zero-order chi connectivity index (χ0) is 10.9. The number of carbonyl (C=O) groups is 2. The minimum absolute atomic E-state index is 0.00282. The number of thioether (sulfide) groups is 1. The SMILES string of the molecule is O=C(O)[C@@H]1CSCN1C(=O)C(F)(F)F. The largest absolute Gasteiger partial charge is 0.480 e. The van der Waals surface area contributed by atoms with Crippen molar-refractivity contribution in [2.45, 2.75) is 12.2 Å². The van der Waals surface area contributed by atoms with Gasteiger partial charge in [0, 0.05) is 5.75 Å². The summed E-state index contributed by atoms with van der Waals surface area (Å²) in [5.74, 6) is -3.73. The lowest BCUT2D eigenvalue weighted by atomic mass is 10.3. The maximum Gasteiger partial charge on any atom is 0.471 e. The van der Waals surface area contributed by atoms with E-state index >= 15 is 0 Å². The molecule has 1 rings (SSSR count). The molecule has 1 atom stereocenters. The Balaban J connectivity index is 2.77. The van der Waals surface area contributed by atoms with Crippen molar-refractivity contribution in [1.29, 1.82) is 0 Å². The van der Waals surface area contributed by atoms with Gasteiger partial charge in [0.1, 0.15) is 6.04 Å². The van der Waals surface area contributed by atoms with Crippen LogP contribution in [0.1, 0.15) is 0 Å². The van der Waals surface area contributed by atoms with Crippen molar-refractivity contribution in [3.05, 3.63) is 0 Å². The molecule has 0 spiro atoms. The van der Waals surface area contributed by atoms with Gasteiger partial charge in [-0.25, -0.2) is 4.79 Å². The highest BCUT2D eigenvalue weighted by molar-refractivity contribution is 7.99. The average Bonchev–Trinajstić information content (AvgIpc) is 2.48. The second kappa shape index (κ2) is 3.68. The van der Waals surface area contributed by atoms with Crippen LogP contribution in [0.2, 0.25) is 0 Å². The van der Waals surface area contributed by atoms with Crippen molar-refractivity contribution in [3.63, 3.8) is 0 Å². The molecule has 0 saturated carbocycles. The fraction of sp³-hybridized carbons (Fsp3) is 0.667. The monoisotopic (exact) mass is 229 g/mol. The molecule has 4 nitrogen and oxygen atoms in total. The molecular weight excluding hydrogens is 223 g/mol. The maximum atomic E-state index is 11.9. The molecule has 0 aromatic heterocycles. The number of hydrogen-bond donors (Lipinski definition) is 1. The standard InChI is InChI=1S/C6H6F3NO3S/c7-6(8,9)5(13)10-2-14-1-3(10)4(11)12/h3H,1-2H2,(H,11,12)/t3-/m0/s1. The molecule has 80 valence electrons. The molecule has 1 fully saturated rings. The Morgan fingerprint density at radius 3 is 2.43 bits per heavy atom. The summed E-state index contributed by atoms with van der Waals surface area (Å²) >= 11 is 0.987. The number of hydrogen-bond acceptors (Lipinski definition) is 3. The van der Waals surface area contributed by atoms with Crippen LogP contribution in [0.25, 0.3) is 0 Å². The molecule has 1 N–H and O–H groups in total. The molecule has 8 heteroatoms. The second-order valence-electron chi connectivity index (χ2n) is 2.63. The summed E-state index contributed by atoms with van der Waals surface area (Å²) in [6.45, 7) is 0. The van der Waals surface area contributed by atoms with Crippen LogP contribution in [0, 0.1) is 0 Å². The number of carboxylic acids is 1. The normalized spacial score (nSPS) is 22.5. The van der Waals surface area contributed by atoms with Gasteiger partial charge in [0.25, 0.3) is 0 Å². The number of rotatable bonds is 1. The van der Waals surface area contributed by atoms with E-state index in [1.54, 1.807) is 0 Å². The van der Waals surface area contributed by atoms with Gasteiger partial charge < -0.3 is 10.0 Å². The number of nitrogens with zero attached hydrogens (tertiary/aromatic N) is 1. The number of amides is 1. The van der Waals surface area contributed by atoms with Crippen LogP contribution in [-0.2, 0) is 9.59 Å². The summed E-state index contributed by atoms with van der Waals surface area (Å²) in [6, 6.07) is -1.37. The van der Waals surface area contributed by atoms with E-state index in [1.807, 2.05) is 0 Å². The van der Waals surface area contributed by atoms with Crippen molar-refractivity contribution in [2.75, 3.05) is 11.6 Å². The summed E-state index contributed by atoms with van der Waals surface area (Å²) in [6.07, 6.45) is -5.00. The summed E-state index contributed by atoms with van der Waals surface area (Å²) < 4.78 is 35.8. The van der Waals surface area contributed by atoms with Crippen molar-refractivity contribution in [3.8, 4) is 0 Å². The van der Waals surface area contributed by atoms with Crippen LogP contribution >= 0.6 is 11.8 Å². The van der Waals surface area contributed by atoms with E-state index in [2.05, 4.69) is 0 Å². The third-order valence-corrected chi connectivity index (χ3v) is 2.68. The molecule has 1 aliphatic heterocycles. The topological polar surface area (TPSA) is 57.6 Å². The van der Waals surface area contributed by atoms with E-state index in [0.29, 0.717) is 4.90 Å². The Hall–Kier alpha value is -0.920. The Bertz CT molecular complexity index is 268. The Kier molecular flexibility index (Phi) is 2.93. The minimum atomic E-state index is -5.00. The molecule has 0 aromatic rings. The molecule has 0 radical (unpaired) electrons. The van der Waals surface area contributed by atoms with Gasteiger partial charge in [-0.15, -0.1) is 11.8 Å². The molecular formula is C6H6F3NO3S. The van der Waals surface area contributed by atoms with Gasteiger partial charge in [-0.2, -0.15) is 13.2 Å². The Morgan fingerprint density at radius 1 is 1.43 bits per heavy atom. The van der Waals surface area contributed by atoms with Crippen LogP contribution in [0.5, 0.6) is 0 Å². The van der Waals surface area contributed by atoms with Gasteiger partial charge in [-0.1, -0.05) is 0 Å². The third kappa shape index (κ3) is 2.11. The molecule has 1 aliphatic rings. The van der Waals surface area contributed by atoms with Gasteiger partial charge in [0.05, 0.1) is 5.88 Å². The highest BCUT2D eigenvalue weighted by Crippen LogP contribution is 2.27. The molecule has 0 bridgehead atoms. The van der Waals surface area contributed by atoms with Crippen molar-refractivity contribution < 1.29 is 27.9 Å². The summed E-state index contributed by atoms with van der Waals surface area (Å²) in [4.78, 5) is 21.5. The van der Waals surface area contributed by atoms with Crippen LogP contribution in [-0.4, -0.2) is 45.7 Å². The van der Waals surface area contributed by atoms with Crippen molar-refractivity contribution in [1.82, 2.24) is 4.90 Å². The van der Waals surface area contributed by atoms with Crippen LogP contribution in [0.4, 0.5) is 13.2 Å². The average molecular weight is 229 g/mol. The summed E-state index contributed by atoms with van der Waals surface area (Å²) in [7, 11) is 0. The highest BCUT2D eigenvalue weighted by atomic mass is 32.2. The fourth-order valence-electron chi connectivity index (χ4n) is 1.01. The zero-order valence-electron chi connectivity index (χ0n) is 6.74. The third-order valence-electron chi connectivity index (χ3n) is 1.67. The van der Waals surface area contributed by atoms with Crippen molar-refractivity contribution in [2.24, 2.45) is 0 Å². The predicted octanol–water partition coefficient (Wildman–Crippen LogP) is 0.535. The minimum Gasteiger partial charge on any atom is -0.480 e. The van der Waals surface area contributed by atoms with Gasteiger partial charge in [0.15, 0.2) is 0 Å². The first-order chi connectivity index (χ1) is 6.34. The van der Waals surface area contributed by atoms with Gasteiger partial charge in [-0.3, -0.25) is 4.79 Å². The number of carboxylic acid groups (broad SMARTS) is 1. The molecule has 0 aliphatic carbocycles. The maximum absolute atomic E-state index is 11.9. The first-order valence-corrected chi connectivity index (χ1v) is 4.68. The molecule has 1 amide bonds. The number of aliphatic carboxylic acids is 1. The molecule has 1 saturated heterocycles. The Labute approximate surface area is 81.1 Å². The molecule has 0 aromatic carbocycles. The van der Waals surface area contributed by atoms with E-state index in [1.165, 1.54) is 0 Å². The van der Waals surface area contributed by atoms with E-state index in [-0.39, 0.29) is 11.6 Å². The molecule has 0 unspecified atom stereocenters. The van der Waals surface area contributed by atoms with Crippen LogP contribution in [0.15, 0.2) is 0 Å². The van der Waals surface area contributed by atoms with E-state index < -0.39 is 24.1 Å². The van der Waals surface area contributed by atoms with Crippen LogP contribution < -0.4 is 0 Å². The van der Waals surface area contributed by atoms with Gasteiger partial charge in [-0.05, 0) is 0 Å². The lowest BCUT2D eigenvalue weighted by molar-refractivity contribution is -0.187. The molecule has 1 heterocycles. The second-order valence-corrected chi connectivity index (χ2v) is 3.63. The first-order valence-electron chi connectivity index (χ1n) is 3.52. The first kappa shape index (κ1) is 11.2. The number of halogens is 3. The van der Waals surface area contributed by atoms with E-state index in [4.69, 9.17) is 5.11 Å². The Morgan fingerprint density at radius 2 is 2.00 bits per heavy atom. The smallest absolute Gasteiger partial charge is 0.471 e.